The summed E-state index contributed by atoms with van der Waals surface area (Å²) in [5, 5.41) is 0. The van der Waals surface area contributed by atoms with Crippen LogP contribution in [0.2, 0.25) is 0 Å². The van der Waals surface area contributed by atoms with Crippen molar-refractivity contribution in [2.45, 2.75) is 44.9 Å². The molecule has 22 heavy (non-hydrogen) atoms. The van der Waals surface area contributed by atoms with Crippen molar-refractivity contribution in [3.8, 4) is 0 Å². The number of nitrogens with zero attached hydrogens (tertiary/aromatic N) is 1. The van der Waals surface area contributed by atoms with Gasteiger partial charge in [0.2, 0.25) is 5.91 Å². The molecule has 2 fully saturated rings. The van der Waals surface area contributed by atoms with E-state index in [1.165, 1.54) is 11.1 Å². The van der Waals surface area contributed by atoms with Gasteiger partial charge in [-0.05, 0) is 62.1 Å². The lowest BCUT2D eigenvalue weighted by molar-refractivity contribution is -0.137. The van der Waals surface area contributed by atoms with Crippen molar-refractivity contribution < 1.29 is 4.79 Å². The highest BCUT2D eigenvalue weighted by Gasteiger charge is 2.36. The number of carbonyl (C=O) groups is 1. The van der Waals surface area contributed by atoms with E-state index in [4.69, 9.17) is 5.73 Å². The molecular formula is C19H28N2O. The van der Waals surface area contributed by atoms with Crippen LogP contribution in [0.4, 0.5) is 0 Å². The van der Waals surface area contributed by atoms with Crippen LogP contribution in [0, 0.1) is 18.8 Å². The Hall–Kier alpha value is -1.35. The van der Waals surface area contributed by atoms with Gasteiger partial charge in [-0.3, -0.25) is 4.79 Å². The van der Waals surface area contributed by atoms with Gasteiger partial charge in [0.15, 0.2) is 0 Å². The zero-order valence-electron chi connectivity index (χ0n) is 13.6. The summed E-state index contributed by atoms with van der Waals surface area (Å²) < 4.78 is 0. The van der Waals surface area contributed by atoms with Gasteiger partial charge in [0, 0.05) is 19.0 Å². The SMILES string of the molecule is Cc1ccccc1C1CCN(C(=O)[C@@H]2CCC[C@@H]2CN)CC1. The molecule has 1 heterocycles. The number of piperidine rings is 1. The van der Waals surface area contributed by atoms with Gasteiger partial charge in [-0.25, -0.2) is 0 Å². The minimum absolute atomic E-state index is 0.194. The van der Waals surface area contributed by atoms with Gasteiger partial charge in [-0.15, -0.1) is 0 Å². The maximum Gasteiger partial charge on any atom is 0.226 e. The Morgan fingerprint density at radius 3 is 2.59 bits per heavy atom. The van der Waals surface area contributed by atoms with Crippen LogP contribution in [0.25, 0.3) is 0 Å². The first-order valence-corrected chi connectivity index (χ1v) is 8.75. The van der Waals surface area contributed by atoms with Crippen molar-refractivity contribution in [2.75, 3.05) is 19.6 Å². The van der Waals surface area contributed by atoms with Crippen LogP contribution in [0.5, 0.6) is 0 Å². The van der Waals surface area contributed by atoms with Crippen LogP contribution in [0.3, 0.4) is 0 Å². The van der Waals surface area contributed by atoms with E-state index in [0.29, 0.717) is 24.3 Å². The first-order chi connectivity index (χ1) is 10.7. The molecule has 1 saturated heterocycles. The molecule has 2 aliphatic rings. The fourth-order valence-corrected chi connectivity index (χ4v) is 4.33. The van der Waals surface area contributed by atoms with Crippen LogP contribution in [0.15, 0.2) is 24.3 Å². The Morgan fingerprint density at radius 2 is 1.91 bits per heavy atom. The predicted molar refractivity (Wildman–Crippen MR) is 89.6 cm³/mol. The molecule has 0 spiro atoms. The van der Waals surface area contributed by atoms with E-state index in [1.807, 2.05) is 0 Å². The van der Waals surface area contributed by atoms with Gasteiger partial charge < -0.3 is 10.6 Å². The van der Waals surface area contributed by atoms with Crippen LogP contribution in [0.1, 0.15) is 49.1 Å². The fraction of sp³-hybridized carbons (Fsp3) is 0.632. The summed E-state index contributed by atoms with van der Waals surface area (Å²) in [6, 6.07) is 8.67. The summed E-state index contributed by atoms with van der Waals surface area (Å²) in [5.74, 6) is 1.59. The van der Waals surface area contributed by atoms with E-state index >= 15 is 0 Å². The van der Waals surface area contributed by atoms with Crippen LogP contribution < -0.4 is 5.73 Å². The maximum absolute atomic E-state index is 12.8. The predicted octanol–water partition coefficient (Wildman–Crippen LogP) is 3.08. The van der Waals surface area contributed by atoms with Crippen LogP contribution in [-0.4, -0.2) is 30.4 Å². The Morgan fingerprint density at radius 1 is 1.18 bits per heavy atom. The van der Waals surface area contributed by atoms with Gasteiger partial charge >= 0.3 is 0 Å². The Kier molecular flexibility index (Phi) is 4.82. The second-order valence-electron chi connectivity index (χ2n) is 6.99. The molecule has 1 saturated carbocycles. The van der Waals surface area contributed by atoms with Crippen molar-refractivity contribution in [2.24, 2.45) is 17.6 Å². The summed E-state index contributed by atoms with van der Waals surface area (Å²) >= 11 is 0. The van der Waals surface area contributed by atoms with Crippen molar-refractivity contribution in [1.82, 2.24) is 4.90 Å². The summed E-state index contributed by atoms with van der Waals surface area (Å²) in [5.41, 5.74) is 8.68. The molecule has 1 aromatic rings. The van der Waals surface area contributed by atoms with Gasteiger partial charge in [0.05, 0.1) is 0 Å². The summed E-state index contributed by atoms with van der Waals surface area (Å²) in [4.78, 5) is 14.9. The number of benzene rings is 1. The van der Waals surface area contributed by atoms with Gasteiger partial charge in [-0.2, -0.15) is 0 Å². The number of aryl methyl sites for hydroxylation is 1. The van der Waals surface area contributed by atoms with Gasteiger partial charge in [0.1, 0.15) is 0 Å². The van der Waals surface area contributed by atoms with Crippen LogP contribution in [-0.2, 0) is 4.79 Å². The van der Waals surface area contributed by atoms with Crippen molar-refractivity contribution in [1.29, 1.82) is 0 Å². The summed E-state index contributed by atoms with van der Waals surface area (Å²) in [7, 11) is 0. The molecule has 1 aliphatic carbocycles. The molecule has 0 unspecified atom stereocenters. The second kappa shape index (κ2) is 6.82. The molecule has 0 bridgehead atoms. The number of amides is 1. The minimum atomic E-state index is 0.194. The minimum Gasteiger partial charge on any atom is -0.342 e. The molecule has 120 valence electrons. The molecule has 1 aliphatic heterocycles. The highest BCUT2D eigenvalue weighted by molar-refractivity contribution is 5.79. The highest BCUT2D eigenvalue weighted by atomic mass is 16.2. The largest absolute Gasteiger partial charge is 0.342 e. The second-order valence-corrected chi connectivity index (χ2v) is 6.99. The lowest BCUT2D eigenvalue weighted by Gasteiger charge is -2.35. The smallest absolute Gasteiger partial charge is 0.226 e. The molecular weight excluding hydrogens is 272 g/mol. The highest BCUT2D eigenvalue weighted by Crippen LogP contribution is 2.35. The topological polar surface area (TPSA) is 46.3 Å². The standard InChI is InChI=1S/C19H28N2O/c1-14-5-2-3-7-17(14)15-9-11-21(12-10-15)19(22)18-8-4-6-16(18)13-20/h2-3,5,7,15-16,18H,4,6,8-13,20H2,1H3/t16-,18-/m1/s1. The molecule has 3 heteroatoms. The number of likely N-dealkylation sites (tertiary alicyclic amines) is 1. The first kappa shape index (κ1) is 15.5. The van der Waals surface area contributed by atoms with E-state index in [0.717, 1.165) is 45.2 Å². The average molecular weight is 300 g/mol. The molecule has 0 aromatic heterocycles. The lowest BCUT2D eigenvalue weighted by atomic mass is 9.86. The fourth-order valence-electron chi connectivity index (χ4n) is 4.33. The zero-order chi connectivity index (χ0) is 15.5. The number of nitrogens with two attached hydrogens (primary N) is 1. The van der Waals surface area contributed by atoms with Crippen molar-refractivity contribution in [3.63, 3.8) is 0 Å². The van der Waals surface area contributed by atoms with E-state index in [1.54, 1.807) is 0 Å². The molecule has 1 aromatic carbocycles. The van der Waals surface area contributed by atoms with Crippen LogP contribution >= 0.6 is 0 Å². The zero-order valence-corrected chi connectivity index (χ0v) is 13.6. The maximum atomic E-state index is 12.8. The number of rotatable bonds is 3. The third-order valence-corrected chi connectivity index (χ3v) is 5.71. The number of carbonyl (C=O) groups excluding carboxylic acids is 1. The average Bonchev–Trinajstić information content (AvgIpc) is 3.03. The molecule has 0 radical (unpaired) electrons. The quantitative estimate of drug-likeness (QED) is 0.932. The van der Waals surface area contributed by atoms with Gasteiger partial charge in [0.25, 0.3) is 0 Å². The number of hydrogen-bond acceptors (Lipinski definition) is 2. The number of hydrogen-bond donors (Lipinski definition) is 1. The van der Waals surface area contributed by atoms with E-state index < -0.39 is 0 Å². The normalized spacial score (nSPS) is 26.4. The Bertz CT molecular complexity index is 520. The lowest BCUT2D eigenvalue weighted by Crippen LogP contribution is -2.43. The van der Waals surface area contributed by atoms with E-state index in [-0.39, 0.29) is 5.92 Å². The summed E-state index contributed by atoms with van der Waals surface area (Å²) in [6.07, 6.45) is 5.52. The van der Waals surface area contributed by atoms with Crippen molar-refractivity contribution in [3.05, 3.63) is 35.4 Å². The molecule has 3 rings (SSSR count). The summed E-state index contributed by atoms with van der Waals surface area (Å²) in [6.45, 7) is 4.67. The van der Waals surface area contributed by atoms with Crippen molar-refractivity contribution >= 4 is 5.91 Å². The first-order valence-electron chi connectivity index (χ1n) is 8.75. The molecule has 3 nitrogen and oxygen atoms in total. The molecule has 2 atom stereocenters. The third-order valence-electron chi connectivity index (χ3n) is 5.71. The molecule has 2 N–H and O–H groups in total. The molecule has 1 amide bonds. The van der Waals surface area contributed by atoms with Gasteiger partial charge in [-0.1, -0.05) is 30.7 Å². The van der Waals surface area contributed by atoms with E-state index in [9.17, 15) is 4.79 Å². The van der Waals surface area contributed by atoms with E-state index in [2.05, 4.69) is 36.1 Å². The third kappa shape index (κ3) is 3.05. The Balaban J connectivity index is 1.60. The Labute approximate surface area is 133 Å². The monoisotopic (exact) mass is 300 g/mol.